The van der Waals surface area contributed by atoms with Crippen molar-refractivity contribution in [2.45, 2.75) is 19.4 Å². The van der Waals surface area contributed by atoms with E-state index in [-0.39, 0.29) is 12.4 Å². The highest BCUT2D eigenvalue weighted by Gasteiger charge is 2.01. The Bertz CT molecular complexity index is 510. The quantitative estimate of drug-likeness (QED) is 0.864. The first kappa shape index (κ1) is 13.6. The second-order valence-electron chi connectivity index (χ2n) is 4.42. The monoisotopic (exact) mass is 259 g/mol. The Kier molecular flexibility index (Phi) is 4.93. The van der Waals surface area contributed by atoms with Crippen LogP contribution < -0.4 is 10.5 Å². The lowest BCUT2D eigenvalue weighted by molar-refractivity contribution is 0.300. The van der Waals surface area contributed by atoms with Crippen molar-refractivity contribution in [2.24, 2.45) is 5.73 Å². The van der Waals surface area contributed by atoms with Gasteiger partial charge in [0.15, 0.2) is 0 Å². The fraction of sp³-hybridized carbons (Fsp3) is 0.250. The number of rotatable bonds is 6. The number of ether oxygens (including phenoxy) is 1. The average molecular weight is 259 g/mol. The summed E-state index contributed by atoms with van der Waals surface area (Å²) in [6, 6.07) is 14.5. The molecule has 0 spiro atoms. The molecule has 3 heteroatoms. The molecule has 19 heavy (non-hydrogen) atoms. The second-order valence-corrected chi connectivity index (χ2v) is 4.42. The minimum absolute atomic E-state index is 0.234. The molecule has 0 saturated heterocycles. The van der Waals surface area contributed by atoms with Crippen LogP contribution in [-0.2, 0) is 13.0 Å². The van der Waals surface area contributed by atoms with Gasteiger partial charge in [0.25, 0.3) is 0 Å². The Morgan fingerprint density at radius 2 is 1.74 bits per heavy atom. The molecule has 2 aromatic rings. The highest BCUT2D eigenvalue weighted by atomic mass is 19.1. The Morgan fingerprint density at radius 1 is 1.00 bits per heavy atom. The maximum absolute atomic E-state index is 13.4. The molecule has 0 unspecified atom stereocenters. The number of hydrogen-bond donors (Lipinski definition) is 1. The second kappa shape index (κ2) is 6.90. The van der Waals surface area contributed by atoms with Crippen LogP contribution in [0.5, 0.6) is 5.75 Å². The van der Waals surface area contributed by atoms with Crippen molar-refractivity contribution in [3.8, 4) is 5.75 Å². The summed E-state index contributed by atoms with van der Waals surface area (Å²) in [5, 5.41) is 0. The lowest BCUT2D eigenvalue weighted by Gasteiger charge is -2.08. The SMILES string of the molecule is NCCCc1ccc(OCc2ccccc2F)cc1. The molecule has 0 aliphatic rings. The third kappa shape index (κ3) is 4.07. The van der Waals surface area contributed by atoms with Gasteiger partial charge in [-0.25, -0.2) is 4.39 Å². The third-order valence-corrected chi connectivity index (χ3v) is 2.95. The van der Waals surface area contributed by atoms with Crippen LogP contribution in [0.2, 0.25) is 0 Å². The lowest BCUT2D eigenvalue weighted by atomic mass is 10.1. The molecule has 2 rings (SSSR count). The van der Waals surface area contributed by atoms with Crippen molar-refractivity contribution in [2.75, 3.05) is 6.54 Å². The summed E-state index contributed by atoms with van der Waals surface area (Å²) in [4.78, 5) is 0. The molecule has 0 aromatic heterocycles. The zero-order valence-corrected chi connectivity index (χ0v) is 10.8. The van der Waals surface area contributed by atoms with Crippen LogP contribution in [0.15, 0.2) is 48.5 Å². The molecule has 0 radical (unpaired) electrons. The van der Waals surface area contributed by atoms with Crippen LogP contribution >= 0.6 is 0 Å². The van der Waals surface area contributed by atoms with Crippen molar-refractivity contribution in [3.05, 3.63) is 65.5 Å². The molecule has 0 aliphatic carbocycles. The van der Waals surface area contributed by atoms with Crippen LogP contribution in [-0.4, -0.2) is 6.54 Å². The first-order valence-electron chi connectivity index (χ1n) is 6.45. The molecule has 0 saturated carbocycles. The van der Waals surface area contributed by atoms with Crippen molar-refractivity contribution < 1.29 is 9.13 Å². The van der Waals surface area contributed by atoms with E-state index < -0.39 is 0 Å². The lowest BCUT2D eigenvalue weighted by Crippen LogP contribution is -2.00. The predicted octanol–water partition coefficient (Wildman–Crippen LogP) is 3.30. The smallest absolute Gasteiger partial charge is 0.129 e. The van der Waals surface area contributed by atoms with Gasteiger partial charge in [0, 0.05) is 5.56 Å². The predicted molar refractivity (Wildman–Crippen MR) is 74.5 cm³/mol. The topological polar surface area (TPSA) is 35.2 Å². The molecule has 0 fully saturated rings. The first-order valence-corrected chi connectivity index (χ1v) is 6.45. The minimum Gasteiger partial charge on any atom is -0.489 e. The Labute approximate surface area is 113 Å². The van der Waals surface area contributed by atoms with Crippen molar-refractivity contribution in [1.29, 1.82) is 0 Å². The highest BCUT2D eigenvalue weighted by molar-refractivity contribution is 5.28. The molecular formula is C16H18FNO. The van der Waals surface area contributed by atoms with Gasteiger partial charge in [-0.3, -0.25) is 0 Å². The summed E-state index contributed by atoms with van der Waals surface area (Å²) in [5.41, 5.74) is 7.28. The van der Waals surface area contributed by atoms with Crippen molar-refractivity contribution in [3.63, 3.8) is 0 Å². The van der Waals surface area contributed by atoms with Crippen LogP contribution in [0, 0.1) is 5.82 Å². The minimum atomic E-state index is -0.234. The maximum atomic E-state index is 13.4. The Hall–Kier alpha value is -1.87. The van der Waals surface area contributed by atoms with E-state index in [1.807, 2.05) is 24.3 Å². The molecule has 0 aliphatic heterocycles. The molecule has 100 valence electrons. The summed E-state index contributed by atoms with van der Waals surface area (Å²) in [5.74, 6) is 0.516. The van der Waals surface area contributed by atoms with Gasteiger partial charge in [0.1, 0.15) is 18.2 Å². The molecule has 0 atom stereocenters. The van der Waals surface area contributed by atoms with Gasteiger partial charge in [-0.05, 0) is 43.1 Å². The molecule has 2 nitrogen and oxygen atoms in total. The summed E-state index contributed by atoms with van der Waals surface area (Å²) < 4.78 is 19.0. The normalized spacial score (nSPS) is 10.4. The van der Waals surface area contributed by atoms with Crippen LogP contribution in [0.4, 0.5) is 4.39 Å². The fourth-order valence-electron chi connectivity index (χ4n) is 1.84. The molecular weight excluding hydrogens is 241 g/mol. The molecule has 2 N–H and O–H groups in total. The van der Waals surface area contributed by atoms with E-state index in [1.165, 1.54) is 11.6 Å². The maximum Gasteiger partial charge on any atom is 0.129 e. The van der Waals surface area contributed by atoms with Crippen LogP contribution in [0.25, 0.3) is 0 Å². The summed E-state index contributed by atoms with van der Waals surface area (Å²) in [6.07, 6.45) is 1.96. The highest BCUT2D eigenvalue weighted by Crippen LogP contribution is 2.16. The number of benzene rings is 2. The van der Waals surface area contributed by atoms with Gasteiger partial charge in [-0.2, -0.15) is 0 Å². The summed E-state index contributed by atoms with van der Waals surface area (Å²) in [7, 11) is 0. The number of hydrogen-bond acceptors (Lipinski definition) is 2. The van der Waals surface area contributed by atoms with Gasteiger partial charge in [0.05, 0.1) is 0 Å². The first-order chi connectivity index (χ1) is 9.29. The molecule has 2 aromatic carbocycles. The van der Waals surface area contributed by atoms with E-state index in [0.717, 1.165) is 18.6 Å². The zero-order chi connectivity index (χ0) is 13.5. The van der Waals surface area contributed by atoms with Gasteiger partial charge < -0.3 is 10.5 Å². The van der Waals surface area contributed by atoms with E-state index in [9.17, 15) is 4.39 Å². The fourth-order valence-corrected chi connectivity index (χ4v) is 1.84. The van der Waals surface area contributed by atoms with Gasteiger partial charge in [0.2, 0.25) is 0 Å². The Morgan fingerprint density at radius 3 is 2.42 bits per heavy atom. The van der Waals surface area contributed by atoms with Crippen molar-refractivity contribution >= 4 is 0 Å². The van der Waals surface area contributed by atoms with E-state index in [0.29, 0.717) is 12.1 Å². The number of nitrogens with two attached hydrogens (primary N) is 1. The standard InChI is InChI=1S/C16H18FNO/c17-16-6-2-1-5-14(16)12-19-15-9-7-13(8-10-15)4-3-11-18/h1-2,5-10H,3-4,11-12,18H2. The van der Waals surface area contributed by atoms with E-state index >= 15 is 0 Å². The van der Waals surface area contributed by atoms with Crippen LogP contribution in [0.1, 0.15) is 17.5 Å². The van der Waals surface area contributed by atoms with Gasteiger partial charge in [-0.15, -0.1) is 0 Å². The third-order valence-electron chi connectivity index (χ3n) is 2.95. The van der Waals surface area contributed by atoms with E-state index in [1.54, 1.807) is 18.2 Å². The van der Waals surface area contributed by atoms with Gasteiger partial charge >= 0.3 is 0 Å². The Balaban J connectivity index is 1.91. The van der Waals surface area contributed by atoms with Gasteiger partial charge in [-0.1, -0.05) is 30.3 Å². The zero-order valence-electron chi connectivity index (χ0n) is 10.8. The van der Waals surface area contributed by atoms with E-state index in [4.69, 9.17) is 10.5 Å². The largest absolute Gasteiger partial charge is 0.489 e. The van der Waals surface area contributed by atoms with Crippen molar-refractivity contribution in [1.82, 2.24) is 0 Å². The summed E-state index contributed by atoms with van der Waals surface area (Å²) in [6.45, 7) is 0.945. The average Bonchev–Trinajstić information content (AvgIpc) is 2.45. The number of aryl methyl sites for hydroxylation is 1. The molecule has 0 heterocycles. The summed E-state index contributed by atoms with van der Waals surface area (Å²) >= 11 is 0. The molecule has 0 amide bonds. The van der Waals surface area contributed by atoms with Crippen LogP contribution in [0.3, 0.4) is 0 Å². The van der Waals surface area contributed by atoms with E-state index in [2.05, 4.69) is 0 Å². The number of halogens is 1. The molecule has 0 bridgehead atoms.